The Hall–Kier alpha value is -2.88. The second kappa shape index (κ2) is 7.34. The van der Waals surface area contributed by atoms with Crippen LogP contribution in [0.1, 0.15) is 23.4 Å². The summed E-state index contributed by atoms with van der Waals surface area (Å²) in [6.07, 6.45) is 1.22. The number of hydrogen-bond acceptors (Lipinski definition) is 2. The van der Waals surface area contributed by atoms with Crippen LogP contribution in [0.2, 0.25) is 0 Å². The van der Waals surface area contributed by atoms with Crippen LogP contribution in [-0.2, 0) is 11.2 Å². The molecule has 0 fully saturated rings. The summed E-state index contributed by atoms with van der Waals surface area (Å²) in [7, 11) is 1.82. The van der Waals surface area contributed by atoms with E-state index in [2.05, 4.69) is 35.4 Å². The third-order valence-electron chi connectivity index (χ3n) is 4.34. The monoisotopic (exact) mass is 333 g/mol. The third-order valence-corrected chi connectivity index (χ3v) is 4.34. The molecule has 0 aliphatic heterocycles. The van der Waals surface area contributed by atoms with E-state index in [9.17, 15) is 4.79 Å². The molecule has 3 aromatic rings. The van der Waals surface area contributed by atoms with Gasteiger partial charge in [-0.1, -0.05) is 30.3 Å². The molecule has 4 nitrogen and oxygen atoms in total. The highest BCUT2D eigenvalue weighted by molar-refractivity contribution is 5.92. The van der Waals surface area contributed by atoms with Crippen molar-refractivity contribution in [1.29, 1.82) is 0 Å². The molecule has 0 aliphatic carbocycles. The highest BCUT2D eigenvalue weighted by Gasteiger charge is 2.11. The molecule has 0 aliphatic rings. The first-order chi connectivity index (χ1) is 12.0. The predicted octanol–water partition coefficient (Wildman–Crippen LogP) is 4.08. The summed E-state index contributed by atoms with van der Waals surface area (Å²) in [5.41, 5.74) is 5.25. The first-order valence-corrected chi connectivity index (χ1v) is 8.49. The van der Waals surface area contributed by atoms with Gasteiger partial charge in [-0.05, 0) is 56.2 Å². The van der Waals surface area contributed by atoms with Crippen LogP contribution in [-0.4, -0.2) is 22.7 Å². The molecule has 0 bridgehead atoms. The van der Waals surface area contributed by atoms with Gasteiger partial charge in [0.2, 0.25) is 5.91 Å². The van der Waals surface area contributed by atoms with Gasteiger partial charge in [0, 0.05) is 24.8 Å². The molecular weight excluding hydrogens is 310 g/mol. The Morgan fingerprint density at radius 2 is 1.72 bits per heavy atom. The van der Waals surface area contributed by atoms with Crippen LogP contribution in [0, 0.1) is 13.8 Å². The standard InChI is InChI=1S/C21H23N3O/c1-16-15-17(2)24(22-16)20-12-9-18(10-13-20)11-14-21(25)23(3)19-7-5-4-6-8-19/h4-10,12-13,15H,11,14H2,1-3H3. The quantitative estimate of drug-likeness (QED) is 0.705. The van der Waals surface area contributed by atoms with Gasteiger partial charge in [-0.3, -0.25) is 4.79 Å². The van der Waals surface area contributed by atoms with Crippen molar-refractivity contribution in [2.24, 2.45) is 0 Å². The predicted molar refractivity (Wildman–Crippen MR) is 101 cm³/mol. The molecule has 0 spiro atoms. The van der Waals surface area contributed by atoms with Gasteiger partial charge >= 0.3 is 0 Å². The molecule has 0 radical (unpaired) electrons. The zero-order valence-electron chi connectivity index (χ0n) is 14.9. The highest BCUT2D eigenvalue weighted by atomic mass is 16.2. The van der Waals surface area contributed by atoms with Crippen LogP contribution < -0.4 is 4.90 Å². The molecule has 0 saturated heterocycles. The van der Waals surface area contributed by atoms with E-state index >= 15 is 0 Å². The van der Waals surface area contributed by atoms with Crippen molar-refractivity contribution in [3.8, 4) is 5.69 Å². The molecule has 1 heterocycles. The Kier molecular flexibility index (Phi) is 4.98. The maximum absolute atomic E-state index is 12.4. The number of nitrogens with zero attached hydrogens (tertiary/aromatic N) is 3. The van der Waals surface area contributed by atoms with Crippen LogP contribution in [0.25, 0.3) is 5.69 Å². The van der Waals surface area contributed by atoms with Crippen LogP contribution in [0.15, 0.2) is 60.7 Å². The molecule has 1 amide bonds. The maximum atomic E-state index is 12.4. The molecular formula is C21H23N3O. The number of aryl methyl sites for hydroxylation is 3. The second-order valence-corrected chi connectivity index (χ2v) is 6.29. The van der Waals surface area contributed by atoms with Gasteiger partial charge < -0.3 is 4.90 Å². The van der Waals surface area contributed by atoms with E-state index in [1.165, 1.54) is 0 Å². The lowest BCUT2D eigenvalue weighted by molar-refractivity contribution is -0.118. The van der Waals surface area contributed by atoms with Crippen molar-refractivity contribution in [3.63, 3.8) is 0 Å². The minimum absolute atomic E-state index is 0.119. The molecule has 1 aromatic heterocycles. The normalized spacial score (nSPS) is 10.7. The number of aromatic nitrogens is 2. The first kappa shape index (κ1) is 17.0. The van der Waals surface area contributed by atoms with Gasteiger partial charge in [0.1, 0.15) is 0 Å². The molecule has 2 aromatic carbocycles. The lowest BCUT2D eigenvalue weighted by atomic mass is 10.1. The van der Waals surface area contributed by atoms with E-state index in [0.29, 0.717) is 6.42 Å². The SMILES string of the molecule is Cc1cc(C)n(-c2ccc(CCC(=O)N(C)c3ccccc3)cc2)n1. The van der Waals surface area contributed by atoms with Crippen LogP contribution in [0.5, 0.6) is 0 Å². The van der Waals surface area contributed by atoms with Gasteiger partial charge in [-0.2, -0.15) is 5.10 Å². The number of carbonyl (C=O) groups is 1. The fourth-order valence-electron chi connectivity index (χ4n) is 2.91. The molecule has 0 unspecified atom stereocenters. The van der Waals surface area contributed by atoms with Crippen molar-refractivity contribution in [2.75, 3.05) is 11.9 Å². The highest BCUT2D eigenvalue weighted by Crippen LogP contribution is 2.16. The number of anilines is 1. The molecule has 3 rings (SSSR count). The average molecular weight is 333 g/mol. The Balaban J connectivity index is 1.62. The van der Waals surface area contributed by atoms with Gasteiger partial charge in [0.05, 0.1) is 11.4 Å². The summed E-state index contributed by atoms with van der Waals surface area (Å²) in [6, 6.07) is 20.0. The number of carbonyl (C=O) groups excluding carboxylic acids is 1. The summed E-state index contributed by atoms with van der Waals surface area (Å²) in [5, 5.41) is 4.50. The molecule has 0 saturated carbocycles. The van der Waals surface area contributed by atoms with Gasteiger partial charge in [0.15, 0.2) is 0 Å². The van der Waals surface area contributed by atoms with Crippen LogP contribution in [0.3, 0.4) is 0 Å². The van der Waals surface area contributed by atoms with Gasteiger partial charge in [-0.25, -0.2) is 4.68 Å². The fraction of sp³-hybridized carbons (Fsp3) is 0.238. The maximum Gasteiger partial charge on any atom is 0.227 e. The zero-order valence-corrected chi connectivity index (χ0v) is 14.9. The van der Waals surface area contributed by atoms with E-state index in [1.54, 1.807) is 4.90 Å². The van der Waals surface area contributed by atoms with Crippen LogP contribution >= 0.6 is 0 Å². The van der Waals surface area contributed by atoms with Gasteiger partial charge in [-0.15, -0.1) is 0 Å². The summed E-state index contributed by atoms with van der Waals surface area (Å²) in [5.74, 6) is 0.119. The summed E-state index contributed by atoms with van der Waals surface area (Å²) in [4.78, 5) is 14.1. The summed E-state index contributed by atoms with van der Waals surface area (Å²) in [6.45, 7) is 4.04. The van der Waals surface area contributed by atoms with Crippen molar-refractivity contribution in [2.45, 2.75) is 26.7 Å². The van der Waals surface area contributed by atoms with Crippen LogP contribution in [0.4, 0.5) is 5.69 Å². The number of amides is 1. The zero-order chi connectivity index (χ0) is 17.8. The Morgan fingerprint density at radius 1 is 1.04 bits per heavy atom. The molecule has 0 atom stereocenters. The Labute approximate surface area is 148 Å². The van der Waals surface area contributed by atoms with E-state index in [4.69, 9.17) is 0 Å². The van der Waals surface area contributed by atoms with Gasteiger partial charge in [0.25, 0.3) is 0 Å². The number of hydrogen-bond donors (Lipinski definition) is 0. The number of rotatable bonds is 5. The minimum atomic E-state index is 0.119. The average Bonchev–Trinajstić information content (AvgIpc) is 2.98. The van der Waals surface area contributed by atoms with E-state index < -0.39 is 0 Å². The largest absolute Gasteiger partial charge is 0.315 e. The molecule has 4 heteroatoms. The van der Waals surface area contributed by atoms with E-state index in [-0.39, 0.29) is 5.91 Å². The fourth-order valence-corrected chi connectivity index (χ4v) is 2.91. The molecule has 128 valence electrons. The van der Waals surface area contributed by atoms with Crippen molar-refractivity contribution in [1.82, 2.24) is 9.78 Å². The van der Waals surface area contributed by atoms with Crippen molar-refractivity contribution < 1.29 is 4.79 Å². The third kappa shape index (κ3) is 3.97. The Bertz CT molecular complexity index is 851. The van der Waals surface area contributed by atoms with Crippen molar-refractivity contribution in [3.05, 3.63) is 77.6 Å². The number of benzene rings is 2. The summed E-state index contributed by atoms with van der Waals surface area (Å²) < 4.78 is 1.94. The lowest BCUT2D eigenvalue weighted by Gasteiger charge is -2.17. The topological polar surface area (TPSA) is 38.1 Å². The first-order valence-electron chi connectivity index (χ1n) is 8.49. The van der Waals surface area contributed by atoms with E-state index in [1.807, 2.05) is 55.9 Å². The van der Waals surface area contributed by atoms with Crippen molar-refractivity contribution >= 4 is 11.6 Å². The van der Waals surface area contributed by atoms with E-state index in [0.717, 1.165) is 34.7 Å². The second-order valence-electron chi connectivity index (χ2n) is 6.29. The minimum Gasteiger partial charge on any atom is -0.315 e. The Morgan fingerprint density at radius 3 is 2.32 bits per heavy atom. The molecule has 25 heavy (non-hydrogen) atoms. The smallest absolute Gasteiger partial charge is 0.227 e. The molecule has 0 N–H and O–H groups in total. The number of para-hydroxylation sites is 1. The summed E-state index contributed by atoms with van der Waals surface area (Å²) >= 11 is 0. The lowest BCUT2D eigenvalue weighted by Crippen LogP contribution is -2.26.